The minimum Gasteiger partial charge on any atom is -0.359 e. The summed E-state index contributed by atoms with van der Waals surface area (Å²) in [7, 11) is 3.32. The average molecular weight is 290 g/mol. The molecule has 0 fully saturated rings. The summed E-state index contributed by atoms with van der Waals surface area (Å²) in [6.07, 6.45) is 13.0. The van der Waals surface area contributed by atoms with Crippen LogP contribution in [0.5, 0.6) is 0 Å². The van der Waals surface area contributed by atoms with Crippen molar-refractivity contribution in [1.82, 2.24) is 0 Å². The zero-order chi connectivity index (χ0) is 14.7. The second kappa shape index (κ2) is 18.8. The van der Waals surface area contributed by atoms with Crippen molar-refractivity contribution in [2.45, 2.75) is 64.2 Å². The normalized spacial score (nSPS) is 11.1. The molecule has 122 valence electrons. The molecule has 0 heterocycles. The fraction of sp³-hybridized carbons (Fsp3) is 1.00. The largest absolute Gasteiger partial charge is 0.359 e. The third-order valence-electron chi connectivity index (χ3n) is 3.23. The van der Waals surface area contributed by atoms with Gasteiger partial charge in [0.15, 0.2) is 0 Å². The Bertz CT molecular complexity index is 147. The fourth-order valence-electron chi connectivity index (χ4n) is 2.11. The zero-order valence-corrected chi connectivity index (χ0v) is 13.5. The Morgan fingerprint density at radius 1 is 0.450 bits per heavy atom. The van der Waals surface area contributed by atoms with Gasteiger partial charge in [0.05, 0.1) is 0 Å². The van der Waals surface area contributed by atoms with E-state index in [0.717, 1.165) is 26.1 Å². The van der Waals surface area contributed by atoms with Crippen molar-refractivity contribution >= 4 is 0 Å². The molecule has 0 aromatic rings. The van der Waals surface area contributed by atoms with Crippen molar-refractivity contribution in [1.29, 1.82) is 0 Å². The summed E-state index contributed by atoms with van der Waals surface area (Å²) < 4.78 is 20.1. The molecule has 0 bridgehead atoms. The van der Waals surface area contributed by atoms with Crippen LogP contribution in [0.3, 0.4) is 0 Å². The smallest absolute Gasteiger partial charge is 0.146 e. The maximum absolute atomic E-state index is 5.25. The number of hydrogen-bond donors (Lipinski definition) is 0. The Morgan fingerprint density at radius 3 is 1.05 bits per heavy atom. The highest BCUT2D eigenvalue weighted by Crippen LogP contribution is 2.10. The first kappa shape index (κ1) is 19.8. The van der Waals surface area contributed by atoms with Gasteiger partial charge >= 0.3 is 0 Å². The topological polar surface area (TPSA) is 36.9 Å². The molecule has 0 atom stereocenters. The lowest BCUT2D eigenvalue weighted by Gasteiger charge is -2.04. The van der Waals surface area contributed by atoms with Crippen molar-refractivity contribution < 1.29 is 18.9 Å². The minimum atomic E-state index is 0.427. The lowest BCUT2D eigenvalue weighted by Crippen LogP contribution is -1.98. The van der Waals surface area contributed by atoms with Crippen LogP contribution in [0.15, 0.2) is 0 Å². The molecular formula is C16H34O4. The summed E-state index contributed by atoms with van der Waals surface area (Å²) in [5, 5.41) is 0. The van der Waals surface area contributed by atoms with Crippen LogP contribution >= 0.6 is 0 Å². The highest BCUT2D eigenvalue weighted by atomic mass is 16.7. The van der Waals surface area contributed by atoms with E-state index in [1.807, 2.05) is 0 Å². The first-order chi connectivity index (χ1) is 9.91. The first-order valence-electron chi connectivity index (χ1n) is 8.05. The summed E-state index contributed by atoms with van der Waals surface area (Å²) >= 11 is 0. The van der Waals surface area contributed by atoms with Crippen LogP contribution in [0, 0.1) is 0 Å². The van der Waals surface area contributed by atoms with Gasteiger partial charge in [-0.05, 0) is 12.8 Å². The van der Waals surface area contributed by atoms with Gasteiger partial charge in [0.2, 0.25) is 0 Å². The molecular weight excluding hydrogens is 256 g/mol. The molecule has 0 amide bonds. The number of rotatable bonds is 17. The van der Waals surface area contributed by atoms with E-state index in [-0.39, 0.29) is 0 Å². The lowest BCUT2D eigenvalue weighted by atomic mass is 10.1. The SMILES string of the molecule is COCOCCCCCCCCCCCCOCOC. The second-order valence-corrected chi connectivity index (χ2v) is 5.17. The van der Waals surface area contributed by atoms with E-state index in [0.29, 0.717) is 13.6 Å². The van der Waals surface area contributed by atoms with Gasteiger partial charge in [0.25, 0.3) is 0 Å². The monoisotopic (exact) mass is 290 g/mol. The van der Waals surface area contributed by atoms with Crippen LogP contribution < -0.4 is 0 Å². The molecule has 0 aromatic heterocycles. The van der Waals surface area contributed by atoms with Gasteiger partial charge in [0.1, 0.15) is 13.6 Å². The molecule has 0 radical (unpaired) electrons. The van der Waals surface area contributed by atoms with E-state index >= 15 is 0 Å². The maximum Gasteiger partial charge on any atom is 0.146 e. The highest BCUT2D eigenvalue weighted by molar-refractivity contribution is 4.48. The Labute approximate surface area is 125 Å². The van der Waals surface area contributed by atoms with Gasteiger partial charge in [-0.15, -0.1) is 0 Å². The number of unbranched alkanes of at least 4 members (excludes halogenated alkanes) is 9. The third-order valence-corrected chi connectivity index (χ3v) is 3.23. The number of methoxy groups -OCH3 is 2. The van der Waals surface area contributed by atoms with Crippen molar-refractivity contribution in [2.24, 2.45) is 0 Å². The van der Waals surface area contributed by atoms with Crippen molar-refractivity contribution in [2.75, 3.05) is 41.0 Å². The van der Waals surface area contributed by atoms with Crippen LogP contribution in [0.25, 0.3) is 0 Å². The third kappa shape index (κ3) is 17.8. The van der Waals surface area contributed by atoms with Crippen LogP contribution in [0.4, 0.5) is 0 Å². The molecule has 0 saturated heterocycles. The summed E-state index contributed by atoms with van der Waals surface area (Å²) in [5.41, 5.74) is 0. The van der Waals surface area contributed by atoms with Crippen LogP contribution in [-0.2, 0) is 18.9 Å². The van der Waals surface area contributed by atoms with E-state index in [2.05, 4.69) is 0 Å². The van der Waals surface area contributed by atoms with Gasteiger partial charge in [-0.2, -0.15) is 0 Å². The molecule has 20 heavy (non-hydrogen) atoms. The Morgan fingerprint density at radius 2 is 0.750 bits per heavy atom. The Kier molecular flexibility index (Phi) is 18.7. The predicted octanol–water partition coefficient (Wildman–Crippen LogP) is 4.13. The summed E-state index contributed by atoms with van der Waals surface area (Å²) in [4.78, 5) is 0. The molecule has 4 nitrogen and oxygen atoms in total. The molecule has 0 aliphatic heterocycles. The van der Waals surface area contributed by atoms with E-state index < -0.39 is 0 Å². The maximum atomic E-state index is 5.25. The second-order valence-electron chi connectivity index (χ2n) is 5.17. The standard InChI is InChI=1S/C16H34O4/c1-17-15-19-13-11-9-7-5-3-4-6-8-10-12-14-20-16-18-2/h3-16H2,1-2H3. The minimum absolute atomic E-state index is 0.427. The lowest BCUT2D eigenvalue weighted by molar-refractivity contribution is -0.0317. The van der Waals surface area contributed by atoms with Gasteiger partial charge in [-0.25, -0.2) is 0 Å². The van der Waals surface area contributed by atoms with Gasteiger partial charge in [0, 0.05) is 27.4 Å². The van der Waals surface area contributed by atoms with Crippen molar-refractivity contribution in [3.63, 3.8) is 0 Å². The summed E-state index contributed by atoms with van der Waals surface area (Å²) in [6, 6.07) is 0. The van der Waals surface area contributed by atoms with E-state index in [4.69, 9.17) is 18.9 Å². The van der Waals surface area contributed by atoms with Crippen LogP contribution in [0.2, 0.25) is 0 Å². The molecule has 0 N–H and O–H groups in total. The molecule has 0 aliphatic carbocycles. The van der Waals surface area contributed by atoms with Gasteiger partial charge in [-0.1, -0.05) is 51.4 Å². The number of ether oxygens (including phenoxy) is 4. The number of hydrogen-bond acceptors (Lipinski definition) is 4. The molecule has 0 rings (SSSR count). The Balaban J connectivity index is 2.89. The quantitative estimate of drug-likeness (QED) is 0.298. The fourth-order valence-corrected chi connectivity index (χ4v) is 2.11. The highest BCUT2D eigenvalue weighted by Gasteiger charge is 1.94. The van der Waals surface area contributed by atoms with Gasteiger partial charge in [-0.3, -0.25) is 0 Å². The Hall–Kier alpha value is -0.160. The molecule has 0 spiro atoms. The summed E-state index contributed by atoms with van der Waals surface area (Å²) in [6.45, 7) is 2.52. The molecule has 0 unspecified atom stereocenters. The predicted molar refractivity (Wildman–Crippen MR) is 81.8 cm³/mol. The van der Waals surface area contributed by atoms with Crippen molar-refractivity contribution in [3.05, 3.63) is 0 Å². The zero-order valence-electron chi connectivity index (χ0n) is 13.5. The molecule has 4 heteroatoms. The molecule has 0 aliphatic rings. The molecule has 0 aromatic carbocycles. The van der Waals surface area contributed by atoms with Crippen LogP contribution in [0.1, 0.15) is 64.2 Å². The molecule has 0 saturated carbocycles. The van der Waals surface area contributed by atoms with E-state index in [9.17, 15) is 0 Å². The average Bonchev–Trinajstić information content (AvgIpc) is 2.47. The van der Waals surface area contributed by atoms with Crippen LogP contribution in [-0.4, -0.2) is 41.0 Å². The van der Waals surface area contributed by atoms with E-state index in [1.54, 1.807) is 14.2 Å². The summed E-state index contributed by atoms with van der Waals surface area (Å²) in [5.74, 6) is 0. The van der Waals surface area contributed by atoms with Gasteiger partial charge < -0.3 is 18.9 Å². The first-order valence-corrected chi connectivity index (χ1v) is 8.05. The van der Waals surface area contributed by atoms with E-state index in [1.165, 1.54) is 51.4 Å². The van der Waals surface area contributed by atoms with Crippen molar-refractivity contribution in [3.8, 4) is 0 Å².